The molecule has 3 nitrogen and oxygen atoms in total. The maximum atomic E-state index is 12.5. The van der Waals surface area contributed by atoms with Crippen molar-refractivity contribution in [2.75, 3.05) is 6.61 Å². The molecule has 0 saturated heterocycles. The van der Waals surface area contributed by atoms with Crippen LogP contribution in [0.25, 0.3) is 25.8 Å². The molecule has 1 heterocycles. The van der Waals surface area contributed by atoms with Gasteiger partial charge in [0.25, 0.3) is 0 Å². The van der Waals surface area contributed by atoms with E-state index >= 15 is 0 Å². The first-order valence-electron chi connectivity index (χ1n) is 10.9. The first kappa shape index (κ1) is 21.2. The number of esters is 1. The van der Waals surface area contributed by atoms with Crippen LogP contribution >= 0.6 is 10.5 Å². The number of carbonyl (C=O) groups is 1. The monoisotopic (exact) mass is 453 g/mol. The summed E-state index contributed by atoms with van der Waals surface area (Å²) in [6.07, 6.45) is 0. The Balaban J connectivity index is 1.23. The largest absolute Gasteiger partial charge is 0.482 e. The zero-order valence-electron chi connectivity index (χ0n) is 18.7. The molecule has 0 fully saturated rings. The summed E-state index contributed by atoms with van der Waals surface area (Å²) in [5.74, 6) is 0.256. The van der Waals surface area contributed by atoms with Gasteiger partial charge < -0.3 is 9.47 Å². The summed E-state index contributed by atoms with van der Waals surface area (Å²) < 4.78 is 12.8. The van der Waals surface area contributed by atoms with Gasteiger partial charge in [0.1, 0.15) is 16.7 Å². The predicted octanol–water partition coefficient (Wildman–Crippen LogP) is 7.59. The molecule has 0 N–H and O–H groups in total. The van der Waals surface area contributed by atoms with Gasteiger partial charge in [-0.25, -0.2) is 4.79 Å². The highest BCUT2D eigenvalue weighted by molar-refractivity contribution is 7.43. The minimum absolute atomic E-state index is 0.0592. The smallest absolute Gasteiger partial charge is 0.345 e. The van der Waals surface area contributed by atoms with Gasteiger partial charge in [0.2, 0.25) is 0 Å². The molecule has 164 valence electrons. The molecule has 0 aliphatic heterocycles. The molecule has 4 aromatic carbocycles. The number of benzene rings is 4. The average Bonchev–Trinajstić information content (AvgIpc) is 3.27. The molecule has 1 unspecified atom stereocenters. The Morgan fingerprint density at radius 2 is 1.48 bits per heavy atom. The van der Waals surface area contributed by atoms with Crippen LogP contribution in [0.3, 0.4) is 0 Å². The Labute approximate surface area is 196 Å². The minimum atomic E-state index is -0.752. The molecule has 0 bridgehead atoms. The number of hydrogen-bond donors (Lipinski definition) is 0. The van der Waals surface area contributed by atoms with Crippen molar-refractivity contribution in [3.8, 4) is 10.6 Å². The number of carbonyl (C=O) groups excluding carboxylic acids is 1. The van der Waals surface area contributed by atoms with Crippen LogP contribution in [0.5, 0.6) is 5.75 Å². The number of thiophene rings is 1. The van der Waals surface area contributed by atoms with Crippen LogP contribution in [0, 0.1) is 0 Å². The van der Waals surface area contributed by atoms with E-state index in [1.807, 2.05) is 44.2 Å². The lowest BCUT2D eigenvalue weighted by molar-refractivity contribution is -0.159. The van der Waals surface area contributed by atoms with E-state index in [0.717, 1.165) is 16.3 Å². The second kappa shape index (κ2) is 8.72. The van der Waals surface area contributed by atoms with Crippen LogP contribution in [-0.2, 0) is 15.1 Å². The topological polar surface area (TPSA) is 35.5 Å². The maximum absolute atomic E-state index is 12.5. The quantitative estimate of drug-likeness (QED) is 0.196. The highest BCUT2D eigenvalue weighted by Gasteiger charge is 2.26. The molecule has 0 radical (unpaired) electrons. The lowest BCUT2D eigenvalue weighted by Crippen LogP contribution is -2.28. The van der Waals surface area contributed by atoms with Crippen LogP contribution in [0.4, 0.5) is 0 Å². The number of ether oxygens (including phenoxy) is 2. The Morgan fingerprint density at radius 3 is 2.27 bits per heavy atom. The third kappa shape index (κ3) is 4.48. The van der Waals surface area contributed by atoms with E-state index in [9.17, 15) is 4.79 Å². The molecule has 0 aliphatic rings. The van der Waals surface area contributed by atoms with E-state index in [4.69, 9.17) is 9.47 Å². The van der Waals surface area contributed by atoms with Gasteiger partial charge in [0.15, 0.2) is 16.2 Å². The van der Waals surface area contributed by atoms with Gasteiger partial charge >= 0.3 is 5.97 Å². The highest BCUT2D eigenvalue weighted by Crippen LogP contribution is 2.40. The Bertz CT molecular complexity index is 1430. The van der Waals surface area contributed by atoms with E-state index in [1.165, 1.54) is 15.0 Å². The summed E-state index contributed by atoms with van der Waals surface area (Å²) in [5, 5.41) is 5.80. The van der Waals surface area contributed by atoms with Crippen LogP contribution in [0.2, 0.25) is 0 Å². The minimum Gasteiger partial charge on any atom is -0.482 e. The summed E-state index contributed by atoms with van der Waals surface area (Å²) in [4.78, 5) is 13.8. The van der Waals surface area contributed by atoms with Gasteiger partial charge in [0, 0.05) is 34.1 Å². The fourth-order valence-corrected chi connectivity index (χ4v) is 5.89. The summed E-state index contributed by atoms with van der Waals surface area (Å²) in [6.45, 7) is 3.67. The second-order valence-electron chi connectivity index (χ2n) is 8.48. The molecule has 1 atom stereocenters. The number of hydrogen-bond acceptors (Lipinski definition) is 3. The molecule has 1 aromatic heterocycles. The fourth-order valence-electron chi connectivity index (χ4n) is 4.00. The molecule has 0 aliphatic carbocycles. The van der Waals surface area contributed by atoms with E-state index < -0.39 is 11.6 Å². The van der Waals surface area contributed by atoms with Gasteiger partial charge in [-0.3, -0.25) is 0 Å². The van der Waals surface area contributed by atoms with Crippen LogP contribution in [0.1, 0.15) is 19.4 Å². The molecule has 4 heteroatoms. The summed E-state index contributed by atoms with van der Waals surface area (Å²) in [5.41, 5.74) is 0.197. The Hall–Kier alpha value is -3.63. The van der Waals surface area contributed by atoms with Crippen molar-refractivity contribution < 1.29 is 14.3 Å². The van der Waals surface area contributed by atoms with E-state index in [2.05, 4.69) is 72.1 Å². The molecule has 0 spiro atoms. The average molecular weight is 454 g/mol. The fraction of sp³-hybridized carbons (Fsp3) is 0.138. The lowest BCUT2D eigenvalue weighted by Gasteiger charge is -2.26. The maximum Gasteiger partial charge on any atom is 0.345 e. The summed E-state index contributed by atoms with van der Waals surface area (Å²) in [6, 6.07) is 32.9. The van der Waals surface area contributed by atoms with Crippen LogP contribution in [0.15, 0.2) is 102 Å². The van der Waals surface area contributed by atoms with Gasteiger partial charge in [0.05, 0.1) is 0 Å². The van der Waals surface area contributed by atoms with Crippen molar-refractivity contribution in [2.24, 2.45) is 0 Å². The second-order valence-corrected chi connectivity index (χ2v) is 10.3. The normalized spacial score (nSPS) is 12.1. The van der Waals surface area contributed by atoms with Crippen molar-refractivity contribution in [1.29, 1.82) is 0 Å². The van der Waals surface area contributed by atoms with E-state index in [1.54, 1.807) is 0 Å². The third-order valence-corrected chi connectivity index (χ3v) is 7.82. The lowest BCUT2D eigenvalue weighted by atomic mass is 9.95. The third-order valence-electron chi connectivity index (χ3n) is 5.79. The van der Waals surface area contributed by atoms with Crippen LogP contribution < -0.4 is 4.74 Å². The number of rotatable bonds is 6. The molecular formula is C29H25O3S+. The Kier molecular flexibility index (Phi) is 5.61. The van der Waals surface area contributed by atoms with Gasteiger partial charge in [-0.1, -0.05) is 48.5 Å². The highest BCUT2D eigenvalue weighted by atomic mass is 32.2. The predicted molar refractivity (Wildman–Crippen MR) is 136 cm³/mol. The Morgan fingerprint density at radius 1 is 0.788 bits per heavy atom. The van der Waals surface area contributed by atoms with Crippen molar-refractivity contribution in [2.45, 2.75) is 19.4 Å². The first-order valence-corrected chi connectivity index (χ1v) is 12.2. The number of fused-ring (bicyclic) bond motifs is 2. The zero-order valence-corrected chi connectivity index (χ0v) is 19.5. The standard InChI is InChI=1S/C29H25O3S/c1-29(2,24-12-11-21-7-3-4-9-23(21)19-24)32-28(30)20-31-25-13-15-26(16-14-25)33-18-17-22-8-5-6-10-27(22)33/h3-19H,20H2,1-2H3/q+1. The van der Waals surface area contributed by atoms with Crippen LogP contribution in [-0.4, -0.2) is 12.6 Å². The molecule has 5 rings (SSSR count). The molecule has 33 heavy (non-hydrogen) atoms. The summed E-state index contributed by atoms with van der Waals surface area (Å²) >= 11 is 0. The van der Waals surface area contributed by atoms with E-state index in [0.29, 0.717) is 5.75 Å². The van der Waals surface area contributed by atoms with E-state index in [-0.39, 0.29) is 17.1 Å². The zero-order chi connectivity index (χ0) is 22.8. The molecule has 0 amide bonds. The van der Waals surface area contributed by atoms with Crippen molar-refractivity contribution in [1.82, 2.24) is 0 Å². The summed E-state index contributed by atoms with van der Waals surface area (Å²) in [7, 11) is -0.0592. The van der Waals surface area contributed by atoms with Crippen molar-refractivity contribution >= 4 is 37.3 Å². The van der Waals surface area contributed by atoms with Gasteiger partial charge in [-0.05, 0) is 60.5 Å². The van der Waals surface area contributed by atoms with Gasteiger partial charge in [-0.15, -0.1) is 0 Å². The molecular weight excluding hydrogens is 428 g/mol. The van der Waals surface area contributed by atoms with Crippen molar-refractivity contribution in [3.05, 3.63) is 108 Å². The molecule has 0 saturated carbocycles. The van der Waals surface area contributed by atoms with Crippen molar-refractivity contribution in [3.63, 3.8) is 0 Å². The molecule has 5 aromatic rings. The SMILES string of the molecule is CC(C)(OC(=O)COc1ccc(-[s+]2ccc3ccccc32)cc1)c1ccc2ccccc2c1. The first-order chi connectivity index (χ1) is 16.0. The van der Waals surface area contributed by atoms with Gasteiger partial charge in [-0.2, -0.15) is 0 Å².